The van der Waals surface area contributed by atoms with Crippen LogP contribution in [0.5, 0.6) is 0 Å². The third-order valence-electron chi connectivity index (χ3n) is 2.83. The second-order valence-corrected chi connectivity index (χ2v) is 4.25. The second-order valence-electron chi connectivity index (χ2n) is 4.25. The molecule has 1 fully saturated rings. The van der Waals surface area contributed by atoms with E-state index in [0.29, 0.717) is 12.2 Å². The molecular formula is C13H19NO. The van der Waals surface area contributed by atoms with Crippen LogP contribution >= 0.6 is 0 Å². The summed E-state index contributed by atoms with van der Waals surface area (Å²) in [4.78, 5) is 0. The van der Waals surface area contributed by atoms with Crippen molar-refractivity contribution in [1.82, 2.24) is 5.32 Å². The summed E-state index contributed by atoms with van der Waals surface area (Å²) in [5, 5.41) is 3.40. The highest BCUT2D eigenvalue weighted by molar-refractivity contribution is 5.14. The van der Waals surface area contributed by atoms with Crippen molar-refractivity contribution in [2.45, 2.75) is 32.0 Å². The van der Waals surface area contributed by atoms with E-state index in [-0.39, 0.29) is 0 Å². The number of rotatable bonds is 3. The average molecular weight is 205 g/mol. The van der Waals surface area contributed by atoms with Gasteiger partial charge < -0.3 is 10.1 Å². The van der Waals surface area contributed by atoms with Crippen LogP contribution in [-0.4, -0.2) is 25.3 Å². The van der Waals surface area contributed by atoms with Crippen LogP contribution in [0.25, 0.3) is 0 Å². The summed E-state index contributed by atoms with van der Waals surface area (Å²) in [6.07, 6.45) is 2.97. The summed E-state index contributed by atoms with van der Waals surface area (Å²) in [6, 6.07) is 10.6. The summed E-state index contributed by atoms with van der Waals surface area (Å²) in [5.74, 6) is 0. The van der Waals surface area contributed by atoms with Crippen molar-refractivity contribution >= 4 is 0 Å². The molecule has 2 atom stereocenters. The van der Waals surface area contributed by atoms with Crippen molar-refractivity contribution in [1.29, 1.82) is 0 Å². The van der Waals surface area contributed by atoms with Gasteiger partial charge in [0, 0.05) is 13.1 Å². The SMILES string of the molecule is CC1CNCC(CCc2ccccc2)O1. The molecule has 1 aliphatic rings. The monoisotopic (exact) mass is 205 g/mol. The number of ether oxygens (including phenoxy) is 1. The Balaban J connectivity index is 1.78. The molecule has 1 saturated heterocycles. The zero-order valence-electron chi connectivity index (χ0n) is 9.28. The first-order valence-corrected chi connectivity index (χ1v) is 5.74. The molecule has 1 aromatic carbocycles. The third kappa shape index (κ3) is 3.33. The number of hydrogen-bond acceptors (Lipinski definition) is 2. The van der Waals surface area contributed by atoms with Gasteiger partial charge in [0.2, 0.25) is 0 Å². The molecule has 0 radical (unpaired) electrons. The van der Waals surface area contributed by atoms with E-state index in [1.807, 2.05) is 0 Å². The predicted octanol–water partition coefficient (Wildman–Crippen LogP) is 2.00. The molecule has 0 amide bonds. The van der Waals surface area contributed by atoms with E-state index in [1.54, 1.807) is 0 Å². The van der Waals surface area contributed by atoms with E-state index in [1.165, 1.54) is 5.56 Å². The predicted molar refractivity (Wildman–Crippen MR) is 62.0 cm³/mol. The van der Waals surface area contributed by atoms with Crippen molar-refractivity contribution in [3.63, 3.8) is 0 Å². The highest BCUT2D eigenvalue weighted by Crippen LogP contribution is 2.11. The van der Waals surface area contributed by atoms with E-state index >= 15 is 0 Å². The van der Waals surface area contributed by atoms with E-state index in [2.05, 4.69) is 42.6 Å². The standard InChI is InChI=1S/C13H19NO/c1-11-9-14-10-13(15-11)8-7-12-5-3-2-4-6-12/h2-6,11,13-14H,7-10H2,1H3. The fraction of sp³-hybridized carbons (Fsp3) is 0.538. The lowest BCUT2D eigenvalue weighted by molar-refractivity contribution is -0.0305. The van der Waals surface area contributed by atoms with Crippen LogP contribution < -0.4 is 5.32 Å². The fourth-order valence-corrected chi connectivity index (χ4v) is 2.01. The van der Waals surface area contributed by atoms with Gasteiger partial charge in [-0.3, -0.25) is 0 Å². The summed E-state index contributed by atoms with van der Waals surface area (Å²) >= 11 is 0. The van der Waals surface area contributed by atoms with Crippen molar-refractivity contribution < 1.29 is 4.74 Å². The second kappa shape index (κ2) is 5.29. The highest BCUT2D eigenvalue weighted by atomic mass is 16.5. The molecule has 0 saturated carbocycles. The van der Waals surface area contributed by atoms with Crippen LogP contribution in [0.1, 0.15) is 18.9 Å². The number of aryl methyl sites for hydroxylation is 1. The quantitative estimate of drug-likeness (QED) is 0.815. The molecular weight excluding hydrogens is 186 g/mol. The molecule has 1 aromatic rings. The van der Waals surface area contributed by atoms with Gasteiger partial charge in [-0.1, -0.05) is 30.3 Å². The molecule has 1 N–H and O–H groups in total. The summed E-state index contributed by atoms with van der Waals surface area (Å²) in [6.45, 7) is 4.11. The van der Waals surface area contributed by atoms with E-state index in [4.69, 9.17) is 4.74 Å². The maximum Gasteiger partial charge on any atom is 0.0706 e. The van der Waals surface area contributed by atoms with Crippen molar-refractivity contribution in [2.75, 3.05) is 13.1 Å². The van der Waals surface area contributed by atoms with Gasteiger partial charge in [-0.15, -0.1) is 0 Å². The topological polar surface area (TPSA) is 21.3 Å². The van der Waals surface area contributed by atoms with Gasteiger partial charge in [-0.05, 0) is 25.3 Å². The number of benzene rings is 1. The largest absolute Gasteiger partial charge is 0.373 e. The van der Waals surface area contributed by atoms with Gasteiger partial charge in [0.05, 0.1) is 12.2 Å². The van der Waals surface area contributed by atoms with E-state index < -0.39 is 0 Å². The van der Waals surface area contributed by atoms with Crippen LogP contribution in [-0.2, 0) is 11.2 Å². The van der Waals surface area contributed by atoms with Crippen LogP contribution in [0.3, 0.4) is 0 Å². The lowest BCUT2D eigenvalue weighted by Gasteiger charge is -2.28. The number of nitrogens with one attached hydrogen (secondary N) is 1. The first kappa shape index (κ1) is 10.7. The molecule has 2 heteroatoms. The van der Waals surface area contributed by atoms with Crippen LogP contribution in [0, 0.1) is 0 Å². The molecule has 2 nitrogen and oxygen atoms in total. The Bertz CT molecular complexity index is 286. The molecule has 0 aromatic heterocycles. The molecule has 0 bridgehead atoms. The lowest BCUT2D eigenvalue weighted by Crippen LogP contribution is -2.43. The fourth-order valence-electron chi connectivity index (χ4n) is 2.01. The smallest absolute Gasteiger partial charge is 0.0706 e. The normalized spacial score (nSPS) is 26.5. The Labute approximate surface area is 91.6 Å². The maximum absolute atomic E-state index is 5.85. The van der Waals surface area contributed by atoms with Gasteiger partial charge in [0.15, 0.2) is 0 Å². The summed E-state index contributed by atoms with van der Waals surface area (Å²) < 4.78 is 5.85. The Kier molecular flexibility index (Phi) is 3.75. The molecule has 2 unspecified atom stereocenters. The zero-order chi connectivity index (χ0) is 10.5. The van der Waals surface area contributed by atoms with Gasteiger partial charge >= 0.3 is 0 Å². The molecule has 0 spiro atoms. The van der Waals surface area contributed by atoms with E-state index in [0.717, 1.165) is 25.9 Å². The highest BCUT2D eigenvalue weighted by Gasteiger charge is 2.17. The zero-order valence-corrected chi connectivity index (χ0v) is 9.28. The molecule has 82 valence electrons. The minimum absolute atomic E-state index is 0.361. The number of morpholine rings is 1. The first-order valence-electron chi connectivity index (χ1n) is 5.74. The Morgan fingerprint density at radius 3 is 2.80 bits per heavy atom. The average Bonchev–Trinajstić information content (AvgIpc) is 2.28. The number of hydrogen-bond donors (Lipinski definition) is 1. The molecule has 2 rings (SSSR count). The van der Waals surface area contributed by atoms with Crippen LogP contribution in [0.4, 0.5) is 0 Å². The maximum atomic E-state index is 5.85. The van der Waals surface area contributed by atoms with Crippen molar-refractivity contribution in [3.8, 4) is 0 Å². The first-order chi connectivity index (χ1) is 7.34. The van der Waals surface area contributed by atoms with Gasteiger partial charge in [0.25, 0.3) is 0 Å². The minimum atomic E-state index is 0.361. The van der Waals surface area contributed by atoms with Crippen LogP contribution in [0.2, 0.25) is 0 Å². The molecule has 0 aliphatic carbocycles. The van der Waals surface area contributed by atoms with Crippen molar-refractivity contribution in [3.05, 3.63) is 35.9 Å². The molecule has 1 aliphatic heterocycles. The molecule has 15 heavy (non-hydrogen) atoms. The van der Waals surface area contributed by atoms with Crippen molar-refractivity contribution in [2.24, 2.45) is 0 Å². The Hall–Kier alpha value is -0.860. The lowest BCUT2D eigenvalue weighted by atomic mass is 10.1. The van der Waals surface area contributed by atoms with Gasteiger partial charge in [-0.25, -0.2) is 0 Å². The van der Waals surface area contributed by atoms with Gasteiger partial charge in [0.1, 0.15) is 0 Å². The van der Waals surface area contributed by atoms with E-state index in [9.17, 15) is 0 Å². The Morgan fingerprint density at radius 2 is 2.07 bits per heavy atom. The minimum Gasteiger partial charge on any atom is -0.373 e. The third-order valence-corrected chi connectivity index (χ3v) is 2.83. The molecule has 1 heterocycles. The summed E-state index contributed by atoms with van der Waals surface area (Å²) in [7, 11) is 0. The Morgan fingerprint density at radius 1 is 1.27 bits per heavy atom. The van der Waals surface area contributed by atoms with Crippen LogP contribution in [0.15, 0.2) is 30.3 Å². The summed E-state index contributed by atoms with van der Waals surface area (Å²) in [5.41, 5.74) is 1.40. The van der Waals surface area contributed by atoms with Gasteiger partial charge in [-0.2, -0.15) is 0 Å².